The first kappa shape index (κ1) is 12.9. The predicted octanol–water partition coefficient (Wildman–Crippen LogP) is 4.48. The van der Waals surface area contributed by atoms with Crippen molar-refractivity contribution in [3.63, 3.8) is 0 Å². The lowest BCUT2D eigenvalue weighted by Gasteiger charge is -2.06. The third kappa shape index (κ3) is 2.20. The monoisotopic (exact) mass is 299 g/mol. The van der Waals surface area contributed by atoms with Gasteiger partial charge in [-0.25, -0.2) is 9.97 Å². The lowest BCUT2D eigenvalue weighted by molar-refractivity contribution is 1.24. The summed E-state index contributed by atoms with van der Waals surface area (Å²) in [5.41, 5.74) is 2.80. The number of aromatic nitrogens is 2. The van der Waals surface area contributed by atoms with Gasteiger partial charge >= 0.3 is 0 Å². The van der Waals surface area contributed by atoms with Crippen LogP contribution in [-0.4, -0.2) is 9.97 Å². The molecule has 0 bridgehead atoms. The summed E-state index contributed by atoms with van der Waals surface area (Å²) in [5.74, 6) is 0. The number of hydrogen-bond donors (Lipinski definition) is 0. The van der Waals surface area contributed by atoms with Gasteiger partial charge in [0.2, 0.25) is 0 Å². The lowest BCUT2D eigenvalue weighted by Crippen LogP contribution is -1.95. The highest BCUT2D eigenvalue weighted by atomic mass is 35.5. The van der Waals surface area contributed by atoms with Crippen molar-refractivity contribution in [2.75, 3.05) is 0 Å². The molecule has 3 rings (SSSR count). The molecule has 0 aliphatic heterocycles. The van der Waals surface area contributed by atoms with Crippen LogP contribution in [0, 0.1) is 11.3 Å². The van der Waals surface area contributed by atoms with Gasteiger partial charge in [-0.05, 0) is 12.1 Å². The van der Waals surface area contributed by atoms with Crippen molar-refractivity contribution >= 4 is 34.2 Å². The van der Waals surface area contributed by atoms with Crippen molar-refractivity contribution < 1.29 is 0 Å². The summed E-state index contributed by atoms with van der Waals surface area (Å²) in [7, 11) is 0. The zero-order valence-corrected chi connectivity index (χ0v) is 11.7. The smallest absolute Gasteiger partial charge is 0.167 e. The number of halogens is 2. The molecular formula is C15H7Cl2N3. The highest BCUT2D eigenvalue weighted by Gasteiger charge is 2.12. The van der Waals surface area contributed by atoms with Crippen LogP contribution in [-0.2, 0) is 0 Å². The van der Waals surface area contributed by atoms with Gasteiger partial charge in [0.05, 0.1) is 21.1 Å². The number of hydrogen-bond acceptors (Lipinski definition) is 3. The minimum absolute atomic E-state index is 0.266. The molecule has 0 unspecified atom stereocenters. The number of fused-ring (bicyclic) bond motifs is 1. The lowest BCUT2D eigenvalue weighted by atomic mass is 10.1. The Morgan fingerprint density at radius 1 is 0.900 bits per heavy atom. The van der Waals surface area contributed by atoms with E-state index in [2.05, 4.69) is 16.0 Å². The molecule has 0 saturated carbocycles. The minimum Gasteiger partial charge on any atom is -0.243 e. The Morgan fingerprint density at radius 3 is 2.10 bits per heavy atom. The molecule has 2 aromatic carbocycles. The van der Waals surface area contributed by atoms with Crippen LogP contribution in [0.25, 0.3) is 22.3 Å². The standard InChI is InChI=1S/C15H7Cl2N3/c16-10-6-12-13(7-11(10)17)20-15(14(8-18)19-12)9-4-2-1-3-5-9/h1-7H. The quantitative estimate of drug-likeness (QED) is 0.666. The van der Waals surface area contributed by atoms with Crippen LogP contribution in [0.5, 0.6) is 0 Å². The molecule has 0 spiro atoms. The van der Waals surface area contributed by atoms with Gasteiger partial charge < -0.3 is 0 Å². The summed E-state index contributed by atoms with van der Waals surface area (Å²) >= 11 is 12.0. The third-order valence-electron chi connectivity index (χ3n) is 2.86. The Balaban J connectivity index is 2.33. The second-order valence-electron chi connectivity index (χ2n) is 4.15. The van der Waals surface area contributed by atoms with E-state index in [1.807, 2.05) is 30.3 Å². The SMILES string of the molecule is N#Cc1nc2cc(Cl)c(Cl)cc2nc1-c1ccccc1. The highest BCUT2D eigenvalue weighted by molar-refractivity contribution is 6.42. The average molecular weight is 300 g/mol. The maximum Gasteiger partial charge on any atom is 0.167 e. The molecular weight excluding hydrogens is 293 g/mol. The maximum atomic E-state index is 9.25. The Bertz CT molecular complexity index is 839. The number of benzene rings is 2. The van der Waals surface area contributed by atoms with Gasteiger partial charge in [0.25, 0.3) is 0 Å². The molecule has 3 aromatic rings. The summed E-state index contributed by atoms with van der Waals surface area (Å²) in [6.45, 7) is 0. The van der Waals surface area contributed by atoms with Gasteiger partial charge in [0.1, 0.15) is 11.8 Å². The fourth-order valence-electron chi connectivity index (χ4n) is 1.93. The molecule has 5 heteroatoms. The van der Waals surface area contributed by atoms with Crippen LogP contribution < -0.4 is 0 Å². The van der Waals surface area contributed by atoms with E-state index in [-0.39, 0.29) is 5.69 Å². The summed E-state index contributed by atoms with van der Waals surface area (Å²) in [6.07, 6.45) is 0. The van der Waals surface area contributed by atoms with Gasteiger partial charge in [-0.3, -0.25) is 0 Å². The van der Waals surface area contributed by atoms with Crippen molar-refractivity contribution in [2.45, 2.75) is 0 Å². The molecule has 0 radical (unpaired) electrons. The first-order valence-electron chi connectivity index (χ1n) is 5.81. The number of nitrogens with zero attached hydrogens (tertiary/aromatic N) is 3. The van der Waals surface area contributed by atoms with Crippen molar-refractivity contribution in [1.29, 1.82) is 5.26 Å². The molecule has 0 atom stereocenters. The molecule has 0 N–H and O–H groups in total. The summed E-state index contributed by atoms with van der Waals surface area (Å²) in [4.78, 5) is 8.80. The maximum absolute atomic E-state index is 9.25. The molecule has 0 amide bonds. The molecule has 0 aliphatic carbocycles. The van der Waals surface area contributed by atoms with E-state index >= 15 is 0 Å². The zero-order chi connectivity index (χ0) is 14.1. The fraction of sp³-hybridized carbons (Fsp3) is 0. The van der Waals surface area contributed by atoms with Crippen molar-refractivity contribution in [2.24, 2.45) is 0 Å². The van der Waals surface area contributed by atoms with E-state index in [4.69, 9.17) is 23.2 Å². The predicted molar refractivity (Wildman–Crippen MR) is 79.7 cm³/mol. The Labute approximate surface area is 125 Å². The molecule has 0 aliphatic rings. The van der Waals surface area contributed by atoms with Crippen molar-refractivity contribution in [1.82, 2.24) is 9.97 Å². The number of nitriles is 1. The van der Waals surface area contributed by atoms with E-state index in [1.54, 1.807) is 12.1 Å². The van der Waals surface area contributed by atoms with Crippen LogP contribution in [0.1, 0.15) is 5.69 Å². The molecule has 0 fully saturated rings. The topological polar surface area (TPSA) is 49.6 Å². The average Bonchev–Trinajstić information content (AvgIpc) is 2.48. The zero-order valence-electron chi connectivity index (χ0n) is 10.1. The Hall–Kier alpha value is -2.15. The fourth-order valence-corrected chi connectivity index (χ4v) is 2.24. The van der Waals surface area contributed by atoms with Gasteiger partial charge in [-0.2, -0.15) is 5.26 Å². The second kappa shape index (κ2) is 5.09. The molecule has 96 valence electrons. The first-order valence-corrected chi connectivity index (χ1v) is 6.57. The van der Waals surface area contributed by atoms with E-state index in [0.717, 1.165) is 5.56 Å². The highest BCUT2D eigenvalue weighted by Crippen LogP contribution is 2.28. The first-order chi connectivity index (χ1) is 9.69. The van der Waals surface area contributed by atoms with Crippen LogP contribution in [0.3, 0.4) is 0 Å². The second-order valence-corrected chi connectivity index (χ2v) is 4.97. The van der Waals surface area contributed by atoms with E-state index in [1.165, 1.54) is 0 Å². The third-order valence-corrected chi connectivity index (χ3v) is 3.58. The largest absolute Gasteiger partial charge is 0.243 e. The van der Waals surface area contributed by atoms with Crippen molar-refractivity contribution in [3.8, 4) is 17.3 Å². The van der Waals surface area contributed by atoms with Crippen LogP contribution in [0.2, 0.25) is 10.0 Å². The summed E-state index contributed by atoms with van der Waals surface area (Å²) < 4.78 is 0. The van der Waals surface area contributed by atoms with E-state index in [9.17, 15) is 5.26 Å². The van der Waals surface area contributed by atoms with Gasteiger partial charge in [-0.1, -0.05) is 53.5 Å². The minimum atomic E-state index is 0.266. The van der Waals surface area contributed by atoms with Crippen LogP contribution >= 0.6 is 23.2 Å². The van der Waals surface area contributed by atoms with Gasteiger partial charge in [0, 0.05) is 5.56 Å². The van der Waals surface area contributed by atoms with Gasteiger partial charge in [-0.15, -0.1) is 0 Å². The molecule has 3 nitrogen and oxygen atoms in total. The van der Waals surface area contributed by atoms with E-state index in [0.29, 0.717) is 26.8 Å². The molecule has 0 saturated heterocycles. The summed E-state index contributed by atoms with van der Waals surface area (Å²) in [6, 6.07) is 14.8. The Morgan fingerprint density at radius 2 is 1.50 bits per heavy atom. The summed E-state index contributed by atoms with van der Waals surface area (Å²) in [5, 5.41) is 10.1. The normalized spacial score (nSPS) is 10.4. The van der Waals surface area contributed by atoms with Crippen molar-refractivity contribution in [3.05, 3.63) is 58.2 Å². The Kier molecular flexibility index (Phi) is 3.27. The van der Waals surface area contributed by atoms with Crippen LogP contribution in [0.4, 0.5) is 0 Å². The molecule has 1 heterocycles. The molecule has 20 heavy (non-hydrogen) atoms. The van der Waals surface area contributed by atoms with Crippen LogP contribution in [0.15, 0.2) is 42.5 Å². The number of rotatable bonds is 1. The van der Waals surface area contributed by atoms with E-state index < -0.39 is 0 Å². The molecule has 1 aromatic heterocycles. The van der Waals surface area contributed by atoms with Gasteiger partial charge in [0.15, 0.2) is 5.69 Å².